The van der Waals surface area contributed by atoms with Crippen molar-refractivity contribution in [3.8, 4) is 0 Å². The van der Waals surface area contributed by atoms with Gasteiger partial charge >= 0.3 is 0 Å². The van der Waals surface area contributed by atoms with Crippen molar-refractivity contribution >= 4 is 5.69 Å². The summed E-state index contributed by atoms with van der Waals surface area (Å²) in [4.78, 5) is 2.35. The molecule has 0 spiro atoms. The molecule has 0 amide bonds. The fourth-order valence-corrected chi connectivity index (χ4v) is 2.21. The van der Waals surface area contributed by atoms with Crippen molar-refractivity contribution in [2.75, 3.05) is 25.0 Å². The van der Waals surface area contributed by atoms with Crippen molar-refractivity contribution in [1.29, 1.82) is 0 Å². The molecule has 19 heavy (non-hydrogen) atoms. The molecule has 0 aliphatic rings. The lowest BCUT2D eigenvalue weighted by Gasteiger charge is -2.35. The molecule has 1 atom stereocenters. The third-order valence-electron chi connectivity index (χ3n) is 3.58. The zero-order valence-corrected chi connectivity index (χ0v) is 13.5. The minimum atomic E-state index is 0.271. The standard InChI is InChI=1S/C17H30N2/c1-7-11-18-16(17(3,4)5)13-19(6)15-10-8-9-14(2)12-15/h8-10,12,16,18H,7,11,13H2,1-6H3. The summed E-state index contributed by atoms with van der Waals surface area (Å²) in [5.74, 6) is 0. The van der Waals surface area contributed by atoms with Crippen LogP contribution in [0.5, 0.6) is 0 Å². The van der Waals surface area contributed by atoms with E-state index < -0.39 is 0 Å². The lowest BCUT2D eigenvalue weighted by Crippen LogP contribution is -2.48. The Morgan fingerprint density at radius 3 is 2.47 bits per heavy atom. The minimum absolute atomic E-state index is 0.271. The summed E-state index contributed by atoms with van der Waals surface area (Å²) in [7, 11) is 2.18. The van der Waals surface area contributed by atoms with Crippen molar-refractivity contribution in [3.05, 3.63) is 29.8 Å². The quantitative estimate of drug-likeness (QED) is 0.838. The average Bonchev–Trinajstić information content (AvgIpc) is 2.32. The van der Waals surface area contributed by atoms with E-state index in [4.69, 9.17) is 0 Å². The summed E-state index contributed by atoms with van der Waals surface area (Å²) in [5, 5.41) is 3.68. The number of benzene rings is 1. The van der Waals surface area contributed by atoms with Crippen LogP contribution in [0.2, 0.25) is 0 Å². The van der Waals surface area contributed by atoms with Crippen LogP contribution < -0.4 is 10.2 Å². The Bertz CT molecular complexity index is 379. The van der Waals surface area contributed by atoms with Gasteiger partial charge in [-0.15, -0.1) is 0 Å². The second-order valence-electron chi connectivity index (χ2n) is 6.59. The number of rotatable bonds is 6. The maximum atomic E-state index is 3.68. The zero-order valence-electron chi connectivity index (χ0n) is 13.5. The van der Waals surface area contributed by atoms with E-state index in [0.717, 1.165) is 13.1 Å². The molecule has 0 saturated carbocycles. The van der Waals surface area contributed by atoms with Crippen LogP contribution in [0.25, 0.3) is 0 Å². The van der Waals surface area contributed by atoms with Gasteiger partial charge in [0.1, 0.15) is 0 Å². The first-order valence-corrected chi connectivity index (χ1v) is 7.35. The minimum Gasteiger partial charge on any atom is -0.373 e. The van der Waals surface area contributed by atoms with Crippen LogP contribution in [-0.2, 0) is 0 Å². The average molecular weight is 262 g/mol. The van der Waals surface area contributed by atoms with Gasteiger partial charge in [0.2, 0.25) is 0 Å². The van der Waals surface area contributed by atoms with Crippen LogP contribution in [0.1, 0.15) is 39.7 Å². The molecule has 0 bridgehead atoms. The molecule has 1 N–H and O–H groups in total. The Morgan fingerprint density at radius 1 is 1.26 bits per heavy atom. The van der Waals surface area contributed by atoms with E-state index in [-0.39, 0.29) is 5.41 Å². The molecule has 0 aromatic heterocycles. The van der Waals surface area contributed by atoms with Gasteiger partial charge in [-0.25, -0.2) is 0 Å². The van der Waals surface area contributed by atoms with E-state index in [9.17, 15) is 0 Å². The van der Waals surface area contributed by atoms with Crippen molar-refractivity contribution < 1.29 is 0 Å². The van der Waals surface area contributed by atoms with Crippen molar-refractivity contribution in [2.24, 2.45) is 5.41 Å². The molecular formula is C17H30N2. The molecule has 0 aliphatic carbocycles. The van der Waals surface area contributed by atoms with E-state index in [0.29, 0.717) is 6.04 Å². The molecule has 1 aromatic rings. The summed E-state index contributed by atoms with van der Waals surface area (Å²) in [5.41, 5.74) is 2.89. The highest BCUT2D eigenvalue weighted by atomic mass is 15.1. The van der Waals surface area contributed by atoms with Crippen LogP contribution in [0, 0.1) is 12.3 Å². The first-order valence-electron chi connectivity index (χ1n) is 7.35. The molecule has 0 heterocycles. The SMILES string of the molecule is CCCNC(CN(C)c1cccc(C)c1)C(C)(C)C. The predicted molar refractivity (Wildman–Crippen MR) is 86.0 cm³/mol. The number of hydrogen-bond acceptors (Lipinski definition) is 2. The van der Waals surface area contributed by atoms with Crippen LogP contribution in [-0.4, -0.2) is 26.2 Å². The smallest absolute Gasteiger partial charge is 0.0366 e. The second-order valence-corrected chi connectivity index (χ2v) is 6.59. The third kappa shape index (κ3) is 5.23. The van der Waals surface area contributed by atoms with Gasteiger partial charge in [0.05, 0.1) is 0 Å². The summed E-state index contributed by atoms with van der Waals surface area (Å²) in [6, 6.07) is 9.21. The molecule has 1 aromatic carbocycles. The Hall–Kier alpha value is -1.02. The van der Waals surface area contributed by atoms with E-state index in [1.165, 1.54) is 17.7 Å². The van der Waals surface area contributed by atoms with E-state index in [2.05, 4.69) is 76.1 Å². The van der Waals surface area contributed by atoms with Gasteiger partial charge < -0.3 is 10.2 Å². The molecule has 0 fully saturated rings. The number of nitrogens with zero attached hydrogens (tertiary/aromatic N) is 1. The number of nitrogens with one attached hydrogen (secondary N) is 1. The van der Waals surface area contributed by atoms with Gasteiger partial charge in [-0.2, -0.15) is 0 Å². The van der Waals surface area contributed by atoms with Gasteiger partial charge in [-0.3, -0.25) is 0 Å². The van der Waals surface area contributed by atoms with Crippen LogP contribution in [0.4, 0.5) is 5.69 Å². The molecule has 2 nitrogen and oxygen atoms in total. The van der Waals surface area contributed by atoms with Gasteiger partial charge in [-0.1, -0.05) is 39.8 Å². The topological polar surface area (TPSA) is 15.3 Å². The highest BCUT2D eigenvalue weighted by molar-refractivity contribution is 5.47. The first kappa shape index (κ1) is 16.0. The van der Waals surface area contributed by atoms with Gasteiger partial charge in [0, 0.05) is 25.3 Å². The lowest BCUT2D eigenvalue weighted by atomic mass is 9.86. The molecule has 0 saturated heterocycles. The van der Waals surface area contributed by atoms with Gasteiger partial charge in [-0.05, 0) is 43.0 Å². The monoisotopic (exact) mass is 262 g/mol. The van der Waals surface area contributed by atoms with E-state index in [1.807, 2.05) is 0 Å². The molecule has 2 heteroatoms. The number of likely N-dealkylation sites (N-methyl/N-ethyl adjacent to an activating group) is 1. The lowest BCUT2D eigenvalue weighted by molar-refractivity contribution is 0.272. The van der Waals surface area contributed by atoms with Crippen LogP contribution >= 0.6 is 0 Å². The zero-order chi connectivity index (χ0) is 14.5. The Morgan fingerprint density at radius 2 is 1.95 bits per heavy atom. The first-order chi connectivity index (χ1) is 8.84. The highest BCUT2D eigenvalue weighted by Crippen LogP contribution is 2.22. The number of aryl methyl sites for hydroxylation is 1. The van der Waals surface area contributed by atoms with Crippen molar-refractivity contribution in [2.45, 2.75) is 47.1 Å². The molecule has 1 rings (SSSR count). The van der Waals surface area contributed by atoms with Crippen LogP contribution in [0.3, 0.4) is 0 Å². The summed E-state index contributed by atoms with van der Waals surface area (Å²) in [6.07, 6.45) is 1.18. The van der Waals surface area contributed by atoms with E-state index >= 15 is 0 Å². The summed E-state index contributed by atoms with van der Waals surface area (Å²) < 4.78 is 0. The normalized spacial score (nSPS) is 13.4. The Kier molecular flexibility index (Phi) is 5.86. The maximum absolute atomic E-state index is 3.68. The van der Waals surface area contributed by atoms with Crippen molar-refractivity contribution in [1.82, 2.24) is 5.32 Å². The molecular weight excluding hydrogens is 232 g/mol. The third-order valence-corrected chi connectivity index (χ3v) is 3.58. The maximum Gasteiger partial charge on any atom is 0.0366 e. The van der Waals surface area contributed by atoms with Crippen molar-refractivity contribution in [3.63, 3.8) is 0 Å². The summed E-state index contributed by atoms with van der Waals surface area (Å²) >= 11 is 0. The van der Waals surface area contributed by atoms with Gasteiger partial charge in [0.25, 0.3) is 0 Å². The van der Waals surface area contributed by atoms with Gasteiger partial charge in [0.15, 0.2) is 0 Å². The van der Waals surface area contributed by atoms with E-state index in [1.54, 1.807) is 0 Å². The fraction of sp³-hybridized carbons (Fsp3) is 0.647. The Balaban J connectivity index is 2.73. The predicted octanol–water partition coefficient (Wildman–Crippen LogP) is 3.85. The molecule has 108 valence electrons. The van der Waals surface area contributed by atoms with Crippen LogP contribution in [0.15, 0.2) is 24.3 Å². The fourth-order valence-electron chi connectivity index (χ4n) is 2.21. The largest absolute Gasteiger partial charge is 0.373 e. The number of anilines is 1. The Labute approximate surface area is 119 Å². The second kappa shape index (κ2) is 6.95. The molecule has 0 aliphatic heterocycles. The molecule has 0 radical (unpaired) electrons. The summed E-state index contributed by atoms with van der Waals surface area (Å²) in [6.45, 7) is 13.4. The number of hydrogen-bond donors (Lipinski definition) is 1. The molecule has 1 unspecified atom stereocenters. The highest BCUT2D eigenvalue weighted by Gasteiger charge is 2.25.